The second kappa shape index (κ2) is 6.50. The molecule has 0 amide bonds. The molecule has 108 valence electrons. The zero-order valence-corrected chi connectivity index (χ0v) is 13.5. The van der Waals surface area contributed by atoms with Crippen LogP contribution < -0.4 is 5.32 Å². The van der Waals surface area contributed by atoms with Crippen molar-refractivity contribution in [3.8, 4) is 0 Å². The highest BCUT2D eigenvalue weighted by molar-refractivity contribution is 9.10. The SMILES string of the molecule is CCc1cc(C(NC)c2cccc(Br)c2F)n(CC)n1. The van der Waals surface area contributed by atoms with Gasteiger partial charge in [-0.05, 0) is 48.5 Å². The van der Waals surface area contributed by atoms with Crippen LogP contribution in [0.4, 0.5) is 4.39 Å². The zero-order valence-electron chi connectivity index (χ0n) is 12.0. The van der Waals surface area contributed by atoms with Crippen molar-refractivity contribution in [2.24, 2.45) is 0 Å². The Labute approximate surface area is 127 Å². The average Bonchev–Trinajstić information content (AvgIpc) is 2.87. The number of aromatic nitrogens is 2. The average molecular weight is 340 g/mol. The fourth-order valence-electron chi connectivity index (χ4n) is 2.35. The van der Waals surface area contributed by atoms with E-state index in [2.05, 4.69) is 33.3 Å². The van der Waals surface area contributed by atoms with E-state index >= 15 is 0 Å². The number of aryl methyl sites for hydroxylation is 2. The number of rotatable bonds is 5. The van der Waals surface area contributed by atoms with E-state index < -0.39 is 0 Å². The van der Waals surface area contributed by atoms with Gasteiger partial charge in [-0.2, -0.15) is 5.10 Å². The Balaban J connectivity index is 2.52. The van der Waals surface area contributed by atoms with Crippen LogP contribution in [0.25, 0.3) is 0 Å². The van der Waals surface area contributed by atoms with E-state index in [1.54, 1.807) is 12.1 Å². The predicted molar refractivity (Wildman–Crippen MR) is 82.3 cm³/mol. The summed E-state index contributed by atoms with van der Waals surface area (Å²) in [5, 5.41) is 7.73. The second-order valence-electron chi connectivity index (χ2n) is 4.59. The summed E-state index contributed by atoms with van der Waals surface area (Å²) >= 11 is 3.25. The molecule has 3 nitrogen and oxygen atoms in total. The highest BCUT2D eigenvalue weighted by Crippen LogP contribution is 2.28. The largest absolute Gasteiger partial charge is 0.308 e. The summed E-state index contributed by atoms with van der Waals surface area (Å²) in [5.41, 5.74) is 2.64. The topological polar surface area (TPSA) is 29.9 Å². The summed E-state index contributed by atoms with van der Waals surface area (Å²) in [4.78, 5) is 0. The van der Waals surface area contributed by atoms with Crippen LogP contribution in [0.2, 0.25) is 0 Å². The van der Waals surface area contributed by atoms with Crippen LogP contribution in [0.1, 0.15) is 36.8 Å². The van der Waals surface area contributed by atoms with E-state index in [9.17, 15) is 4.39 Å². The van der Waals surface area contributed by atoms with Gasteiger partial charge in [0.1, 0.15) is 5.82 Å². The van der Waals surface area contributed by atoms with Gasteiger partial charge in [-0.15, -0.1) is 0 Å². The third-order valence-corrected chi connectivity index (χ3v) is 4.01. The van der Waals surface area contributed by atoms with Crippen LogP contribution in [0.5, 0.6) is 0 Å². The Morgan fingerprint density at radius 2 is 2.15 bits per heavy atom. The molecule has 1 unspecified atom stereocenters. The van der Waals surface area contributed by atoms with Crippen molar-refractivity contribution in [3.63, 3.8) is 0 Å². The van der Waals surface area contributed by atoms with Gasteiger partial charge in [0.05, 0.1) is 21.9 Å². The minimum Gasteiger partial charge on any atom is -0.308 e. The maximum Gasteiger partial charge on any atom is 0.142 e. The molecule has 2 aromatic rings. The van der Waals surface area contributed by atoms with Gasteiger partial charge in [0.2, 0.25) is 0 Å². The van der Waals surface area contributed by atoms with Gasteiger partial charge in [0.15, 0.2) is 0 Å². The van der Waals surface area contributed by atoms with Crippen molar-refractivity contribution in [1.82, 2.24) is 15.1 Å². The van der Waals surface area contributed by atoms with Crippen molar-refractivity contribution in [2.45, 2.75) is 32.9 Å². The number of halogens is 2. The quantitative estimate of drug-likeness (QED) is 0.900. The highest BCUT2D eigenvalue weighted by Gasteiger charge is 2.21. The van der Waals surface area contributed by atoms with Gasteiger partial charge in [-0.3, -0.25) is 4.68 Å². The van der Waals surface area contributed by atoms with Crippen LogP contribution in [0.15, 0.2) is 28.7 Å². The molecule has 0 aliphatic heterocycles. The molecule has 1 atom stereocenters. The lowest BCUT2D eigenvalue weighted by Crippen LogP contribution is -2.22. The van der Waals surface area contributed by atoms with Crippen LogP contribution in [0.3, 0.4) is 0 Å². The molecule has 0 aliphatic carbocycles. The van der Waals surface area contributed by atoms with Crippen molar-refractivity contribution in [2.75, 3.05) is 7.05 Å². The first kappa shape index (κ1) is 15.2. The second-order valence-corrected chi connectivity index (χ2v) is 5.45. The minimum atomic E-state index is -0.228. The van der Waals surface area contributed by atoms with Gasteiger partial charge in [-0.1, -0.05) is 19.1 Å². The number of benzene rings is 1. The first-order valence-corrected chi connectivity index (χ1v) is 7.59. The molecule has 0 fully saturated rings. The van der Waals surface area contributed by atoms with E-state index in [-0.39, 0.29) is 11.9 Å². The van der Waals surface area contributed by atoms with Gasteiger partial charge in [-0.25, -0.2) is 4.39 Å². The molecule has 1 aromatic carbocycles. The summed E-state index contributed by atoms with van der Waals surface area (Å²) < 4.78 is 16.7. The van der Waals surface area contributed by atoms with Crippen molar-refractivity contribution in [1.29, 1.82) is 0 Å². The molecular formula is C15H19BrFN3. The first-order valence-electron chi connectivity index (χ1n) is 6.80. The maximum atomic E-state index is 14.3. The highest BCUT2D eigenvalue weighted by atomic mass is 79.9. The molecule has 1 aromatic heterocycles. The smallest absolute Gasteiger partial charge is 0.142 e. The van der Waals surface area contributed by atoms with Crippen molar-refractivity contribution < 1.29 is 4.39 Å². The fourth-order valence-corrected chi connectivity index (χ4v) is 2.73. The summed E-state index contributed by atoms with van der Waals surface area (Å²) in [6.45, 7) is 4.88. The molecule has 20 heavy (non-hydrogen) atoms. The number of hydrogen-bond acceptors (Lipinski definition) is 2. The number of hydrogen-bond donors (Lipinski definition) is 1. The fraction of sp³-hybridized carbons (Fsp3) is 0.400. The van der Waals surface area contributed by atoms with Gasteiger partial charge >= 0.3 is 0 Å². The van der Waals surface area contributed by atoms with E-state index in [4.69, 9.17) is 0 Å². The lowest BCUT2D eigenvalue weighted by molar-refractivity contribution is 0.529. The zero-order chi connectivity index (χ0) is 14.7. The van der Waals surface area contributed by atoms with E-state index in [0.29, 0.717) is 10.0 Å². The number of nitrogens with zero attached hydrogens (tertiary/aromatic N) is 2. The molecule has 0 bridgehead atoms. The van der Waals surface area contributed by atoms with Crippen LogP contribution in [-0.2, 0) is 13.0 Å². The molecule has 1 N–H and O–H groups in total. The maximum absolute atomic E-state index is 14.3. The first-order chi connectivity index (χ1) is 9.62. The van der Waals surface area contributed by atoms with Crippen LogP contribution >= 0.6 is 15.9 Å². The van der Waals surface area contributed by atoms with E-state index in [1.165, 1.54) is 0 Å². The Hall–Kier alpha value is -1.20. The van der Waals surface area contributed by atoms with Crippen molar-refractivity contribution >= 4 is 15.9 Å². The molecule has 0 spiro atoms. The van der Waals surface area contributed by atoms with Crippen LogP contribution in [-0.4, -0.2) is 16.8 Å². The third kappa shape index (κ3) is 2.79. The van der Waals surface area contributed by atoms with Gasteiger partial charge in [0.25, 0.3) is 0 Å². The lowest BCUT2D eigenvalue weighted by atomic mass is 10.0. The molecular weight excluding hydrogens is 321 g/mol. The Kier molecular flexibility index (Phi) is 4.94. The molecule has 0 aliphatic rings. The third-order valence-electron chi connectivity index (χ3n) is 3.40. The normalized spacial score (nSPS) is 12.7. The summed E-state index contributed by atoms with van der Waals surface area (Å²) in [5.74, 6) is -0.228. The molecule has 0 saturated heterocycles. The lowest BCUT2D eigenvalue weighted by Gasteiger charge is -2.19. The van der Waals surface area contributed by atoms with Gasteiger partial charge < -0.3 is 5.32 Å². The Morgan fingerprint density at radius 3 is 2.75 bits per heavy atom. The predicted octanol–water partition coefficient (Wildman–Crippen LogP) is 3.68. The monoisotopic (exact) mass is 339 g/mol. The minimum absolute atomic E-state index is 0.208. The van der Waals surface area contributed by atoms with E-state index in [0.717, 1.165) is 24.4 Å². The molecule has 0 radical (unpaired) electrons. The molecule has 5 heteroatoms. The van der Waals surface area contributed by atoms with Crippen LogP contribution in [0, 0.1) is 5.82 Å². The van der Waals surface area contributed by atoms with Crippen molar-refractivity contribution in [3.05, 3.63) is 51.5 Å². The Bertz CT molecular complexity index is 595. The molecule has 0 saturated carbocycles. The van der Waals surface area contributed by atoms with E-state index in [1.807, 2.05) is 30.8 Å². The summed E-state index contributed by atoms with van der Waals surface area (Å²) in [7, 11) is 1.84. The van der Waals surface area contributed by atoms with Gasteiger partial charge in [0, 0.05) is 12.1 Å². The standard InChI is InChI=1S/C15H19BrFN3/c1-4-10-9-13(20(5-2)19-10)15(18-3)11-7-6-8-12(16)14(11)17/h6-9,15,18H,4-5H2,1-3H3. The molecule has 1 heterocycles. The Morgan fingerprint density at radius 1 is 1.40 bits per heavy atom. The summed E-state index contributed by atoms with van der Waals surface area (Å²) in [6.07, 6.45) is 0.872. The molecule has 2 rings (SSSR count). The number of nitrogens with one attached hydrogen (secondary N) is 1. The summed E-state index contributed by atoms with van der Waals surface area (Å²) in [6, 6.07) is 7.20.